The van der Waals surface area contributed by atoms with Crippen molar-refractivity contribution in [2.45, 2.75) is 44.8 Å². The zero-order chi connectivity index (χ0) is 22.9. The molecule has 7 nitrogen and oxygen atoms in total. The number of amides is 3. The number of imide groups is 1. The van der Waals surface area contributed by atoms with Gasteiger partial charge in [-0.25, -0.2) is 14.5 Å². The molecule has 0 unspecified atom stereocenters. The number of hydrogen-bond acceptors (Lipinski definition) is 6. The van der Waals surface area contributed by atoms with Crippen molar-refractivity contribution in [2.24, 2.45) is 5.92 Å². The highest BCUT2D eigenvalue weighted by atomic mass is 32.1. The van der Waals surface area contributed by atoms with Gasteiger partial charge in [-0.2, -0.15) is 0 Å². The van der Waals surface area contributed by atoms with Gasteiger partial charge in [0.2, 0.25) is 5.91 Å². The first-order chi connectivity index (χ1) is 15.2. The lowest BCUT2D eigenvalue weighted by Gasteiger charge is -2.25. The van der Waals surface area contributed by atoms with Crippen LogP contribution >= 0.6 is 11.3 Å². The Morgan fingerprint density at radius 3 is 2.53 bits per heavy atom. The van der Waals surface area contributed by atoms with E-state index in [1.54, 1.807) is 16.2 Å². The van der Waals surface area contributed by atoms with Crippen LogP contribution in [0.25, 0.3) is 0 Å². The fourth-order valence-electron chi connectivity index (χ4n) is 4.27. The van der Waals surface area contributed by atoms with E-state index in [4.69, 9.17) is 9.47 Å². The van der Waals surface area contributed by atoms with Gasteiger partial charge in [-0.3, -0.25) is 4.79 Å². The minimum Gasteiger partial charge on any atom is -0.447 e. The molecular formula is C24H28N2O5S. The minimum absolute atomic E-state index is 0.172. The average molecular weight is 457 g/mol. The molecule has 0 radical (unpaired) electrons. The van der Waals surface area contributed by atoms with Crippen LogP contribution in [0.2, 0.25) is 0 Å². The van der Waals surface area contributed by atoms with Crippen LogP contribution < -0.4 is 0 Å². The fourth-order valence-corrected chi connectivity index (χ4v) is 5.15. The molecule has 2 fully saturated rings. The summed E-state index contributed by atoms with van der Waals surface area (Å²) in [5.74, 6) is -1.02. The topological polar surface area (TPSA) is 76.2 Å². The summed E-state index contributed by atoms with van der Waals surface area (Å²) in [5.41, 5.74) is 0.405. The first kappa shape index (κ1) is 22.3. The maximum atomic E-state index is 13.7. The Morgan fingerprint density at radius 2 is 1.88 bits per heavy atom. The first-order valence-electron chi connectivity index (χ1n) is 10.8. The first-order valence-corrected chi connectivity index (χ1v) is 11.7. The van der Waals surface area contributed by atoms with Gasteiger partial charge in [0.25, 0.3) is 0 Å². The average Bonchev–Trinajstić information content (AvgIpc) is 3.47. The van der Waals surface area contributed by atoms with Crippen molar-refractivity contribution in [3.8, 4) is 0 Å². The number of benzene rings is 1. The molecule has 170 valence electrons. The Morgan fingerprint density at radius 1 is 1.12 bits per heavy atom. The lowest BCUT2D eigenvalue weighted by Crippen LogP contribution is -2.45. The SMILES string of the molecule is CC(C)(C)OC(=O)N1C[C@H](C(=O)N2C(=O)OC[C@H]2Cc2ccccc2)[C@@H](c2cccs2)C1. The van der Waals surface area contributed by atoms with Crippen LogP contribution in [0.4, 0.5) is 9.59 Å². The van der Waals surface area contributed by atoms with Crippen LogP contribution in [-0.4, -0.2) is 59.2 Å². The zero-order valence-corrected chi connectivity index (χ0v) is 19.3. The summed E-state index contributed by atoms with van der Waals surface area (Å²) in [6.45, 7) is 6.19. The van der Waals surface area contributed by atoms with Crippen LogP contribution in [0.1, 0.15) is 37.1 Å². The standard InChI is InChI=1S/C24H28N2O5S/c1-24(2,3)31-22(28)25-13-18(20-10-7-11-32-20)19(14-25)21(27)26-17(15-30-23(26)29)12-16-8-5-4-6-9-16/h4-11,17-19H,12-15H2,1-3H3/t17-,18+,19+/m1/s1. The van der Waals surface area contributed by atoms with Gasteiger partial charge in [-0.1, -0.05) is 36.4 Å². The van der Waals surface area contributed by atoms with Crippen molar-refractivity contribution >= 4 is 29.4 Å². The molecular weight excluding hydrogens is 428 g/mol. The van der Waals surface area contributed by atoms with Crippen molar-refractivity contribution in [1.82, 2.24) is 9.80 Å². The number of carbonyl (C=O) groups is 3. The quantitative estimate of drug-likeness (QED) is 0.686. The number of likely N-dealkylation sites (tertiary alicyclic amines) is 1. The third kappa shape index (κ3) is 4.80. The molecule has 8 heteroatoms. The number of ether oxygens (including phenoxy) is 2. The van der Waals surface area contributed by atoms with Gasteiger partial charge in [0.05, 0.1) is 12.0 Å². The van der Waals surface area contributed by atoms with Crippen molar-refractivity contribution in [3.63, 3.8) is 0 Å². The van der Waals surface area contributed by atoms with E-state index in [2.05, 4.69) is 0 Å². The van der Waals surface area contributed by atoms with Crippen LogP contribution in [-0.2, 0) is 20.7 Å². The van der Waals surface area contributed by atoms with E-state index in [-0.39, 0.29) is 31.0 Å². The van der Waals surface area contributed by atoms with Crippen molar-refractivity contribution in [3.05, 3.63) is 58.3 Å². The van der Waals surface area contributed by atoms with E-state index in [1.807, 2.05) is 68.6 Å². The second kappa shape index (κ2) is 8.94. The number of thiophene rings is 1. The van der Waals surface area contributed by atoms with Crippen LogP contribution in [0, 0.1) is 5.92 Å². The van der Waals surface area contributed by atoms with Gasteiger partial charge < -0.3 is 14.4 Å². The van der Waals surface area contributed by atoms with E-state index in [1.165, 1.54) is 4.90 Å². The monoisotopic (exact) mass is 456 g/mol. The molecule has 1 aromatic carbocycles. The Bertz CT molecular complexity index is 970. The number of hydrogen-bond donors (Lipinski definition) is 0. The Balaban J connectivity index is 1.56. The zero-order valence-electron chi connectivity index (χ0n) is 18.5. The predicted molar refractivity (Wildman–Crippen MR) is 120 cm³/mol. The van der Waals surface area contributed by atoms with Gasteiger partial charge in [0, 0.05) is 23.9 Å². The maximum absolute atomic E-state index is 13.7. The normalized spacial score (nSPS) is 23.3. The molecule has 2 aliphatic rings. The molecule has 0 saturated carbocycles. The molecule has 2 aromatic rings. The van der Waals surface area contributed by atoms with Crippen LogP contribution in [0.3, 0.4) is 0 Å². The molecule has 0 spiro atoms. The molecule has 0 aliphatic carbocycles. The fraction of sp³-hybridized carbons (Fsp3) is 0.458. The summed E-state index contributed by atoms with van der Waals surface area (Å²) < 4.78 is 10.8. The van der Waals surface area contributed by atoms with Crippen LogP contribution in [0.5, 0.6) is 0 Å². The number of carbonyl (C=O) groups excluding carboxylic acids is 3. The largest absolute Gasteiger partial charge is 0.447 e. The molecule has 2 saturated heterocycles. The van der Waals surface area contributed by atoms with Crippen LogP contribution in [0.15, 0.2) is 47.8 Å². The lowest BCUT2D eigenvalue weighted by molar-refractivity contribution is -0.133. The van der Waals surface area contributed by atoms with E-state index in [0.29, 0.717) is 13.0 Å². The maximum Gasteiger partial charge on any atom is 0.416 e. The summed E-state index contributed by atoms with van der Waals surface area (Å²) in [6.07, 6.45) is -0.527. The van der Waals surface area contributed by atoms with E-state index in [0.717, 1.165) is 10.4 Å². The molecule has 0 N–H and O–H groups in total. The molecule has 1 aromatic heterocycles. The second-order valence-corrected chi connectivity index (χ2v) is 10.2. The highest BCUT2D eigenvalue weighted by molar-refractivity contribution is 7.10. The Labute approximate surface area is 191 Å². The van der Waals surface area contributed by atoms with Gasteiger partial charge in [0.15, 0.2) is 0 Å². The lowest BCUT2D eigenvalue weighted by atomic mass is 9.92. The number of cyclic esters (lactones) is 1. The molecule has 0 bridgehead atoms. The molecule has 3 atom stereocenters. The molecule has 32 heavy (non-hydrogen) atoms. The van der Waals surface area contributed by atoms with Crippen molar-refractivity contribution < 1.29 is 23.9 Å². The summed E-state index contributed by atoms with van der Waals surface area (Å²) in [6, 6.07) is 13.3. The molecule has 3 amide bonds. The van der Waals surface area contributed by atoms with Gasteiger partial charge in [-0.15, -0.1) is 11.3 Å². The number of rotatable bonds is 4. The summed E-state index contributed by atoms with van der Waals surface area (Å²) in [5, 5.41) is 1.95. The highest BCUT2D eigenvalue weighted by Crippen LogP contribution is 2.38. The highest BCUT2D eigenvalue weighted by Gasteiger charge is 2.48. The van der Waals surface area contributed by atoms with E-state index in [9.17, 15) is 14.4 Å². The van der Waals surface area contributed by atoms with E-state index < -0.39 is 23.7 Å². The minimum atomic E-state index is -0.628. The summed E-state index contributed by atoms with van der Waals surface area (Å²) in [7, 11) is 0. The summed E-state index contributed by atoms with van der Waals surface area (Å²) >= 11 is 1.55. The Hall–Kier alpha value is -2.87. The third-order valence-electron chi connectivity index (χ3n) is 5.71. The summed E-state index contributed by atoms with van der Waals surface area (Å²) in [4.78, 5) is 42.8. The smallest absolute Gasteiger partial charge is 0.416 e. The molecule has 4 rings (SSSR count). The van der Waals surface area contributed by atoms with E-state index >= 15 is 0 Å². The van der Waals surface area contributed by atoms with Gasteiger partial charge in [0.1, 0.15) is 12.2 Å². The van der Waals surface area contributed by atoms with Crippen molar-refractivity contribution in [1.29, 1.82) is 0 Å². The molecule has 3 heterocycles. The molecule has 2 aliphatic heterocycles. The second-order valence-electron chi connectivity index (χ2n) is 9.24. The third-order valence-corrected chi connectivity index (χ3v) is 6.71. The van der Waals surface area contributed by atoms with Gasteiger partial charge in [-0.05, 0) is 44.2 Å². The van der Waals surface area contributed by atoms with Crippen molar-refractivity contribution in [2.75, 3.05) is 19.7 Å². The number of nitrogens with zero attached hydrogens (tertiary/aromatic N) is 2. The predicted octanol–water partition coefficient (Wildman–Crippen LogP) is 4.29. The Kier molecular flexibility index (Phi) is 6.24. The van der Waals surface area contributed by atoms with Gasteiger partial charge >= 0.3 is 12.2 Å².